The van der Waals surface area contributed by atoms with Crippen molar-refractivity contribution in [3.05, 3.63) is 94.9 Å². The number of likely N-dealkylation sites (N-methyl/N-ethyl adjacent to an activating group) is 1. The molecule has 0 bridgehead atoms. The van der Waals surface area contributed by atoms with Crippen molar-refractivity contribution in [1.82, 2.24) is 51.0 Å². The van der Waals surface area contributed by atoms with E-state index in [0.717, 1.165) is 19.4 Å². The van der Waals surface area contributed by atoms with Crippen LogP contribution in [0.5, 0.6) is 0 Å². The molecule has 1 aliphatic rings. The molecule has 0 spiro atoms. The van der Waals surface area contributed by atoms with Gasteiger partial charge in [0.15, 0.2) is 0 Å². The highest BCUT2D eigenvalue weighted by molar-refractivity contribution is 5.87. The Bertz CT molecular complexity index is 2780. The first-order valence-electron chi connectivity index (χ1n) is 22.6. The van der Waals surface area contributed by atoms with Crippen LogP contribution < -0.4 is 26.3 Å². The second-order valence-electron chi connectivity index (χ2n) is 18.5. The lowest BCUT2D eigenvalue weighted by Gasteiger charge is -2.38. The Hall–Kier alpha value is -7.74. The van der Waals surface area contributed by atoms with E-state index in [1.807, 2.05) is 10.7 Å². The fraction of sp³-hybridized carbons (Fsp3) is 0.447. The van der Waals surface area contributed by atoms with Crippen LogP contribution in [0.25, 0.3) is 11.3 Å². The van der Waals surface area contributed by atoms with E-state index in [-0.39, 0.29) is 34.0 Å². The third-order valence-electron chi connectivity index (χ3n) is 12.3. The molecular weight excluding hydrogens is 1040 g/mol. The second kappa shape index (κ2) is 23.9. The summed E-state index contributed by atoms with van der Waals surface area (Å²) in [6.07, 6.45) is -13.2. The smallest absolute Gasteiger partial charge is 0.407 e. The van der Waals surface area contributed by atoms with Gasteiger partial charge in [0.1, 0.15) is 23.7 Å². The van der Waals surface area contributed by atoms with Crippen LogP contribution in [0.2, 0.25) is 0 Å². The van der Waals surface area contributed by atoms with Crippen LogP contribution in [0.3, 0.4) is 0 Å². The van der Waals surface area contributed by atoms with Gasteiger partial charge in [0, 0.05) is 68.5 Å². The molecule has 2 aromatic carbocycles. The molecule has 5 amide bonds. The van der Waals surface area contributed by atoms with Gasteiger partial charge in [-0.3, -0.25) is 19.8 Å². The number of carboxylic acid groups (broad SMARTS) is 1. The van der Waals surface area contributed by atoms with Crippen LogP contribution in [0.1, 0.15) is 56.5 Å². The topological polar surface area (TPSA) is 236 Å². The Morgan fingerprint density at radius 3 is 1.91 bits per heavy atom. The van der Waals surface area contributed by atoms with Crippen LogP contribution >= 0.6 is 0 Å². The van der Waals surface area contributed by atoms with Gasteiger partial charge in [-0.2, -0.15) is 40.2 Å². The lowest BCUT2D eigenvalue weighted by Crippen LogP contribution is -2.63. The number of benzene rings is 2. The van der Waals surface area contributed by atoms with Gasteiger partial charge in [-0.1, -0.05) is 24.0 Å². The number of nitrogens with zero attached hydrogens (tertiary/aromatic N) is 7. The zero-order valence-electron chi connectivity index (χ0n) is 41.2. The molecule has 3 heterocycles. The van der Waals surface area contributed by atoms with E-state index in [4.69, 9.17) is 0 Å². The quantitative estimate of drug-likeness (QED) is 0.0430. The van der Waals surface area contributed by atoms with Crippen molar-refractivity contribution < 1.29 is 82.8 Å². The van der Waals surface area contributed by atoms with Crippen molar-refractivity contribution in [2.45, 2.75) is 83.8 Å². The molecule has 1 fully saturated rings. The number of anilines is 1. The maximum Gasteiger partial charge on any atom is 0.407 e. The number of ether oxygens (including phenoxy) is 1. The molecule has 0 aliphatic carbocycles. The minimum Gasteiger partial charge on any atom is -0.465 e. The molecule has 0 saturated carbocycles. The van der Waals surface area contributed by atoms with E-state index in [1.54, 1.807) is 16.8 Å². The second-order valence-corrected chi connectivity index (χ2v) is 18.5. The van der Waals surface area contributed by atoms with Crippen LogP contribution in [0.4, 0.5) is 59.4 Å². The van der Waals surface area contributed by atoms with Crippen LogP contribution in [0, 0.1) is 34.3 Å². The molecule has 1 aliphatic heterocycles. The van der Waals surface area contributed by atoms with Gasteiger partial charge in [0.2, 0.25) is 17.8 Å². The van der Waals surface area contributed by atoms with E-state index in [0.29, 0.717) is 75.0 Å². The number of rotatable bonds is 18. The van der Waals surface area contributed by atoms with Gasteiger partial charge in [0.25, 0.3) is 5.91 Å². The highest BCUT2D eigenvalue weighted by Gasteiger charge is 2.57. The number of aromatic nitrogens is 4. The summed E-state index contributed by atoms with van der Waals surface area (Å²) >= 11 is 0. The van der Waals surface area contributed by atoms with E-state index >= 15 is 8.78 Å². The largest absolute Gasteiger partial charge is 0.465 e. The molecule has 412 valence electrons. The highest BCUT2D eigenvalue weighted by atomic mass is 19.4. The number of piperazine rings is 1. The number of aliphatic hydroxyl groups is 1. The summed E-state index contributed by atoms with van der Waals surface area (Å²) < 4.78 is 149. The number of carbonyl (C=O) groups is 5. The third kappa shape index (κ3) is 14.6. The summed E-state index contributed by atoms with van der Waals surface area (Å²) in [6.45, 7) is -2.43. The van der Waals surface area contributed by atoms with Gasteiger partial charge in [-0.15, -0.1) is 0 Å². The van der Waals surface area contributed by atoms with Crippen LogP contribution in [-0.2, 0) is 32.1 Å². The molecule has 1 saturated heterocycles. The average molecular weight is 1090 g/mol. The normalized spacial score (nSPS) is 15.1. The molecule has 6 N–H and O–H groups in total. The summed E-state index contributed by atoms with van der Waals surface area (Å²) in [5, 5.41) is 30.9. The minimum absolute atomic E-state index is 0.0799. The predicted octanol–water partition coefficient (Wildman–Crippen LogP) is 5.15. The van der Waals surface area contributed by atoms with E-state index in [1.165, 1.54) is 42.0 Å². The van der Waals surface area contributed by atoms with Gasteiger partial charge in [-0.25, -0.2) is 38.0 Å². The van der Waals surface area contributed by atoms with E-state index in [2.05, 4.69) is 37.0 Å². The number of alkyl carbamates (subject to hydrolysis) is 1. The maximum atomic E-state index is 15.9. The van der Waals surface area contributed by atoms with Crippen molar-refractivity contribution in [2.24, 2.45) is 10.8 Å². The number of hydrazine groups is 1. The SMILES string of the molecule is COC(=O)NC(C(=O)NC(Cc1ccc(C#Cc2cnc(N3CCN(C)C(=O)C3)nc2)cc1)C(O)CN(Cc1c(F)cc(-c2ccn(C(F)F)n2)cc1F)NC(=O)C(NC(=O)O)C(C)(C)C(F)(F)F)C(C)(C)C(F)(F)F. The molecule has 2 aromatic heterocycles. The Morgan fingerprint density at radius 1 is 0.829 bits per heavy atom. The fourth-order valence-corrected chi connectivity index (χ4v) is 7.34. The van der Waals surface area contributed by atoms with Crippen molar-refractivity contribution >= 4 is 35.9 Å². The zero-order valence-corrected chi connectivity index (χ0v) is 41.2. The number of halogens is 10. The highest BCUT2D eigenvalue weighted by Crippen LogP contribution is 2.42. The Morgan fingerprint density at radius 2 is 1.39 bits per heavy atom. The van der Waals surface area contributed by atoms with Gasteiger partial charge in [0.05, 0.1) is 47.9 Å². The number of aliphatic hydroxyl groups excluding tert-OH is 1. The Kier molecular flexibility index (Phi) is 18.6. The van der Waals surface area contributed by atoms with Gasteiger partial charge < -0.3 is 40.7 Å². The maximum absolute atomic E-state index is 15.9. The van der Waals surface area contributed by atoms with Crippen molar-refractivity contribution in [1.29, 1.82) is 0 Å². The summed E-state index contributed by atoms with van der Waals surface area (Å²) in [7, 11) is 2.47. The Balaban J connectivity index is 1.52. The predicted molar refractivity (Wildman–Crippen MR) is 247 cm³/mol. The first kappa shape index (κ1) is 59.1. The van der Waals surface area contributed by atoms with E-state index < -0.39 is 115 Å². The summed E-state index contributed by atoms with van der Waals surface area (Å²) in [6, 6.07) is 0.997. The number of alkyl halides is 8. The summed E-state index contributed by atoms with van der Waals surface area (Å²) in [5.74, 6) is -0.375. The third-order valence-corrected chi connectivity index (χ3v) is 12.3. The molecule has 5 rings (SSSR count). The average Bonchev–Trinajstić information content (AvgIpc) is 3.84. The number of hydrogen-bond acceptors (Lipinski definition) is 12. The molecular formula is C47H51F10N11O8. The number of hydrogen-bond donors (Lipinski definition) is 6. The number of methoxy groups -OCH3 is 1. The molecule has 4 unspecified atom stereocenters. The summed E-state index contributed by atoms with van der Waals surface area (Å²) in [5.41, 5.74) is -5.09. The van der Waals surface area contributed by atoms with Crippen molar-refractivity contribution in [3.8, 4) is 23.1 Å². The molecule has 0 radical (unpaired) electrons. The number of amides is 5. The first-order valence-corrected chi connectivity index (χ1v) is 22.6. The minimum atomic E-state index is -5.29. The molecule has 4 aromatic rings. The van der Waals surface area contributed by atoms with Gasteiger partial charge >= 0.3 is 31.1 Å². The molecule has 76 heavy (non-hydrogen) atoms. The van der Waals surface area contributed by atoms with Crippen LogP contribution in [-0.4, -0.2) is 147 Å². The number of nitrogens with one attached hydrogen (secondary N) is 4. The fourth-order valence-electron chi connectivity index (χ4n) is 7.34. The first-order chi connectivity index (χ1) is 35.3. The monoisotopic (exact) mass is 1090 g/mol. The van der Waals surface area contributed by atoms with E-state index in [9.17, 15) is 69.3 Å². The summed E-state index contributed by atoms with van der Waals surface area (Å²) in [4.78, 5) is 75.8. The molecule has 4 atom stereocenters. The standard InChI is InChI=1S/C47H51F10N11O8/c1-44(2,46(52,53)54)36(62-43(75)76-6)38(71)60-33(17-26-10-7-25(8-11-26)9-12-27-20-58-41(59-21-27)66-16-15-65(5)35(70)24-66)34(69)23-67(64-39(72)37(61-42(73)74)45(3,4)47(55,56)57)22-29-30(48)18-28(19-31(29)49)32-13-14-68(63-32)40(50)51/h7-8,10-11,13-14,18-21,33-34,36-37,40,61,69H,15-17,22-24H2,1-6H3,(H,60,71)(H,62,75)(H,64,72)(H,73,74). The lowest BCUT2D eigenvalue weighted by molar-refractivity contribution is -0.221. The zero-order chi connectivity index (χ0) is 56.7. The molecule has 19 nitrogen and oxygen atoms in total. The van der Waals surface area contributed by atoms with Crippen molar-refractivity contribution in [2.75, 3.05) is 45.2 Å². The van der Waals surface area contributed by atoms with Crippen molar-refractivity contribution in [3.63, 3.8) is 0 Å². The lowest BCUT2D eigenvalue weighted by atomic mass is 9.82. The molecule has 29 heteroatoms. The van der Waals surface area contributed by atoms with Gasteiger partial charge in [-0.05, 0) is 70.0 Å². The Labute approximate surface area is 426 Å². The van der Waals surface area contributed by atoms with Crippen LogP contribution in [0.15, 0.2) is 61.1 Å². The number of carbonyl (C=O) groups excluding carboxylic acids is 4.